The van der Waals surface area contributed by atoms with Gasteiger partial charge in [0.25, 0.3) is 5.56 Å². The number of halogens is 1. The van der Waals surface area contributed by atoms with E-state index in [1.54, 1.807) is 12.3 Å². The third-order valence-electron chi connectivity index (χ3n) is 1.44. The lowest BCUT2D eigenvalue weighted by Crippen LogP contribution is -2.35. The van der Waals surface area contributed by atoms with E-state index in [9.17, 15) is 4.79 Å². The van der Waals surface area contributed by atoms with E-state index >= 15 is 0 Å². The van der Waals surface area contributed by atoms with Crippen LogP contribution in [0.25, 0.3) is 0 Å². The molecule has 0 unspecified atom stereocenters. The lowest BCUT2D eigenvalue weighted by atomic mass is 10.1. The summed E-state index contributed by atoms with van der Waals surface area (Å²) in [6.45, 7) is 5.82. The van der Waals surface area contributed by atoms with Crippen molar-refractivity contribution in [2.75, 3.05) is 0 Å². The molecule has 0 N–H and O–H groups in total. The zero-order valence-electron chi connectivity index (χ0n) is 7.34. The van der Waals surface area contributed by atoms with Gasteiger partial charge in [-0.05, 0) is 42.8 Å². The largest absolute Gasteiger partial charge is 0.281 e. The lowest BCUT2D eigenvalue weighted by Gasteiger charge is -2.19. The van der Waals surface area contributed by atoms with Crippen LogP contribution >= 0.6 is 15.9 Å². The van der Waals surface area contributed by atoms with Crippen LogP contribution in [0.1, 0.15) is 20.8 Å². The fraction of sp³-hybridized carbons (Fsp3) is 0.500. The van der Waals surface area contributed by atoms with Crippen LogP contribution in [0.3, 0.4) is 0 Å². The van der Waals surface area contributed by atoms with Gasteiger partial charge in [0.2, 0.25) is 0 Å². The van der Waals surface area contributed by atoms with Crippen LogP contribution in [-0.4, -0.2) is 9.78 Å². The van der Waals surface area contributed by atoms with Crippen molar-refractivity contribution in [2.45, 2.75) is 26.3 Å². The molecule has 0 bridgehead atoms. The molecule has 0 aromatic carbocycles. The molecule has 1 aromatic rings. The van der Waals surface area contributed by atoms with E-state index in [1.807, 2.05) is 20.8 Å². The highest BCUT2D eigenvalue weighted by atomic mass is 79.9. The fourth-order valence-corrected chi connectivity index (χ4v) is 1.15. The number of nitrogens with zero attached hydrogens (tertiary/aromatic N) is 2. The third kappa shape index (κ3) is 1.75. The van der Waals surface area contributed by atoms with Crippen LogP contribution in [0.2, 0.25) is 0 Å². The number of rotatable bonds is 0. The number of hydrogen-bond donors (Lipinski definition) is 0. The quantitative estimate of drug-likeness (QED) is 0.681. The van der Waals surface area contributed by atoms with Gasteiger partial charge in [-0.25, -0.2) is 4.68 Å². The first-order valence-electron chi connectivity index (χ1n) is 3.67. The highest BCUT2D eigenvalue weighted by Crippen LogP contribution is 2.09. The Morgan fingerprint density at radius 1 is 1.50 bits per heavy atom. The van der Waals surface area contributed by atoms with Gasteiger partial charge in [0.1, 0.15) is 0 Å². The maximum absolute atomic E-state index is 11.5. The second kappa shape index (κ2) is 3.01. The van der Waals surface area contributed by atoms with Crippen LogP contribution in [0.15, 0.2) is 21.5 Å². The number of hydrogen-bond acceptors (Lipinski definition) is 2. The summed E-state index contributed by atoms with van der Waals surface area (Å²) < 4.78 is 2.00. The summed E-state index contributed by atoms with van der Waals surface area (Å²) >= 11 is 3.17. The van der Waals surface area contributed by atoms with Crippen molar-refractivity contribution in [3.05, 3.63) is 27.1 Å². The first-order chi connectivity index (χ1) is 5.43. The smallest absolute Gasteiger partial charge is 0.266 e. The highest BCUT2D eigenvalue weighted by Gasteiger charge is 2.16. The van der Waals surface area contributed by atoms with Crippen LogP contribution in [0.4, 0.5) is 0 Å². The summed E-state index contributed by atoms with van der Waals surface area (Å²) in [5.41, 5.74) is -0.356. The minimum atomic E-state index is -0.263. The number of aromatic nitrogens is 2. The Kier molecular flexibility index (Phi) is 2.37. The minimum Gasteiger partial charge on any atom is -0.266 e. The molecular weight excluding hydrogens is 220 g/mol. The molecule has 12 heavy (non-hydrogen) atoms. The molecule has 0 radical (unpaired) electrons. The molecule has 66 valence electrons. The maximum Gasteiger partial charge on any atom is 0.281 e. The Morgan fingerprint density at radius 2 is 2.08 bits per heavy atom. The molecule has 0 saturated carbocycles. The molecule has 0 aliphatic heterocycles. The van der Waals surface area contributed by atoms with Crippen molar-refractivity contribution in [3.63, 3.8) is 0 Å². The van der Waals surface area contributed by atoms with Gasteiger partial charge in [-0.15, -0.1) is 0 Å². The van der Waals surface area contributed by atoms with Gasteiger partial charge in [0.05, 0.1) is 10.0 Å². The van der Waals surface area contributed by atoms with Crippen LogP contribution in [0, 0.1) is 0 Å². The summed E-state index contributed by atoms with van der Waals surface area (Å²) in [5, 5.41) is 3.98. The lowest BCUT2D eigenvalue weighted by molar-refractivity contribution is 0.336. The van der Waals surface area contributed by atoms with Crippen molar-refractivity contribution in [1.29, 1.82) is 0 Å². The average molecular weight is 231 g/mol. The van der Waals surface area contributed by atoms with Crippen LogP contribution in [0.5, 0.6) is 0 Å². The summed E-state index contributed by atoms with van der Waals surface area (Å²) in [5.74, 6) is 0. The summed E-state index contributed by atoms with van der Waals surface area (Å²) in [6, 6.07) is 1.64. The highest BCUT2D eigenvalue weighted by molar-refractivity contribution is 9.10. The van der Waals surface area contributed by atoms with Gasteiger partial charge in [-0.2, -0.15) is 5.10 Å². The molecule has 0 spiro atoms. The SMILES string of the molecule is CC(C)(C)n1nccc(Br)c1=O. The standard InChI is InChI=1S/C8H11BrN2O/c1-8(2,3)11-7(12)6(9)4-5-10-11/h4-5H,1-3H3. The maximum atomic E-state index is 11.5. The second-order valence-corrected chi connectivity index (χ2v) is 4.42. The second-order valence-electron chi connectivity index (χ2n) is 3.57. The molecule has 1 aromatic heterocycles. The average Bonchev–Trinajstić information content (AvgIpc) is 1.92. The zero-order valence-corrected chi connectivity index (χ0v) is 8.92. The molecule has 3 nitrogen and oxygen atoms in total. The molecule has 0 fully saturated rings. The first kappa shape index (κ1) is 9.45. The van der Waals surface area contributed by atoms with Gasteiger partial charge in [0.15, 0.2) is 0 Å². The Balaban J connectivity index is 3.37. The Morgan fingerprint density at radius 3 is 2.50 bits per heavy atom. The van der Waals surface area contributed by atoms with Crippen molar-refractivity contribution in [3.8, 4) is 0 Å². The third-order valence-corrected chi connectivity index (χ3v) is 2.04. The topological polar surface area (TPSA) is 34.9 Å². The molecule has 0 aliphatic carbocycles. The zero-order chi connectivity index (χ0) is 9.35. The van der Waals surface area contributed by atoms with Crippen molar-refractivity contribution >= 4 is 15.9 Å². The van der Waals surface area contributed by atoms with E-state index in [0.717, 1.165) is 0 Å². The van der Waals surface area contributed by atoms with Gasteiger partial charge in [-0.1, -0.05) is 0 Å². The summed E-state index contributed by atoms with van der Waals surface area (Å²) in [7, 11) is 0. The van der Waals surface area contributed by atoms with E-state index in [1.165, 1.54) is 4.68 Å². The van der Waals surface area contributed by atoms with E-state index in [4.69, 9.17) is 0 Å². The van der Waals surface area contributed by atoms with Gasteiger partial charge < -0.3 is 0 Å². The molecule has 1 rings (SSSR count). The van der Waals surface area contributed by atoms with E-state index < -0.39 is 0 Å². The van der Waals surface area contributed by atoms with E-state index in [0.29, 0.717) is 4.47 Å². The summed E-state index contributed by atoms with van der Waals surface area (Å²) in [4.78, 5) is 11.5. The van der Waals surface area contributed by atoms with Gasteiger partial charge in [-0.3, -0.25) is 4.79 Å². The monoisotopic (exact) mass is 230 g/mol. The molecular formula is C8H11BrN2O. The minimum absolute atomic E-state index is 0.0926. The van der Waals surface area contributed by atoms with Crippen molar-refractivity contribution < 1.29 is 0 Å². The predicted octanol–water partition coefficient (Wildman–Crippen LogP) is 1.76. The first-order valence-corrected chi connectivity index (χ1v) is 4.46. The molecule has 0 aliphatic rings. The molecule has 1 heterocycles. The van der Waals surface area contributed by atoms with Crippen molar-refractivity contribution in [1.82, 2.24) is 9.78 Å². The Labute approximate surface area is 79.5 Å². The van der Waals surface area contributed by atoms with Crippen molar-refractivity contribution in [2.24, 2.45) is 0 Å². The molecule has 0 atom stereocenters. The Bertz CT molecular complexity index is 338. The van der Waals surface area contributed by atoms with E-state index in [2.05, 4.69) is 21.0 Å². The van der Waals surface area contributed by atoms with E-state index in [-0.39, 0.29) is 11.1 Å². The van der Waals surface area contributed by atoms with Crippen LogP contribution < -0.4 is 5.56 Å². The molecule has 4 heteroatoms. The molecule has 0 saturated heterocycles. The predicted molar refractivity (Wildman–Crippen MR) is 51.2 cm³/mol. The van der Waals surface area contributed by atoms with Gasteiger partial charge >= 0.3 is 0 Å². The summed E-state index contributed by atoms with van der Waals surface area (Å²) in [6.07, 6.45) is 1.61. The fourth-order valence-electron chi connectivity index (χ4n) is 0.868. The Hall–Kier alpha value is -0.640. The molecule has 0 amide bonds. The normalized spacial score (nSPS) is 11.7. The van der Waals surface area contributed by atoms with Gasteiger partial charge in [0, 0.05) is 6.20 Å². The van der Waals surface area contributed by atoms with Crippen LogP contribution in [-0.2, 0) is 5.54 Å².